The summed E-state index contributed by atoms with van der Waals surface area (Å²) in [6.07, 6.45) is 3.10. The fourth-order valence-corrected chi connectivity index (χ4v) is 3.56. The van der Waals surface area contributed by atoms with Gasteiger partial charge >= 0.3 is 0 Å². The normalized spacial score (nSPS) is 16.7. The number of benzene rings is 1. The summed E-state index contributed by atoms with van der Waals surface area (Å²) in [5.41, 5.74) is 7.21. The Bertz CT molecular complexity index is 615. The topological polar surface area (TPSA) is 75.9 Å². The van der Waals surface area contributed by atoms with Crippen LogP contribution in [0.5, 0.6) is 5.75 Å². The second-order valence-corrected chi connectivity index (χ2v) is 7.78. The molecule has 7 heteroatoms. The largest absolute Gasteiger partial charge is 0.481 e. The molecule has 1 heterocycles. The van der Waals surface area contributed by atoms with Crippen LogP contribution in [0, 0.1) is 0 Å². The van der Waals surface area contributed by atoms with Crippen LogP contribution in [0.3, 0.4) is 0 Å². The van der Waals surface area contributed by atoms with Crippen LogP contribution in [-0.2, 0) is 16.0 Å². The number of rotatable bonds is 8. The first-order valence-corrected chi connectivity index (χ1v) is 10.9. The Balaban J connectivity index is 1.81. The summed E-state index contributed by atoms with van der Waals surface area (Å²) in [5, 5.41) is 0. The summed E-state index contributed by atoms with van der Waals surface area (Å²) >= 11 is 1.69. The van der Waals surface area contributed by atoms with E-state index in [1.54, 1.807) is 28.5 Å². The molecule has 0 aliphatic carbocycles. The zero-order chi connectivity index (χ0) is 19.8. The number of carbonyl (C=O) groups excluding carboxylic acids is 2. The third kappa shape index (κ3) is 6.14. The molecule has 0 saturated carbocycles. The Morgan fingerprint density at radius 3 is 2.19 bits per heavy atom. The Kier molecular flexibility index (Phi) is 8.44. The fourth-order valence-electron chi connectivity index (χ4n) is 3.07. The highest BCUT2D eigenvalue weighted by Crippen LogP contribution is 2.16. The number of hydrogen-bond acceptors (Lipinski definition) is 5. The van der Waals surface area contributed by atoms with Crippen molar-refractivity contribution >= 4 is 23.6 Å². The number of ether oxygens (including phenoxy) is 1. The van der Waals surface area contributed by atoms with E-state index in [9.17, 15) is 9.59 Å². The second kappa shape index (κ2) is 10.6. The van der Waals surface area contributed by atoms with Crippen molar-refractivity contribution in [2.45, 2.75) is 38.8 Å². The highest BCUT2D eigenvalue weighted by molar-refractivity contribution is 7.98. The van der Waals surface area contributed by atoms with Gasteiger partial charge in [0, 0.05) is 26.2 Å². The van der Waals surface area contributed by atoms with Gasteiger partial charge in [-0.05, 0) is 49.5 Å². The van der Waals surface area contributed by atoms with Gasteiger partial charge in [-0.3, -0.25) is 9.59 Å². The van der Waals surface area contributed by atoms with Gasteiger partial charge in [0.05, 0.1) is 6.04 Å². The molecule has 2 atom stereocenters. The van der Waals surface area contributed by atoms with Gasteiger partial charge in [0.1, 0.15) is 5.75 Å². The van der Waals surface area contributed by atoms with E-state index in [0.717, 1.165) is 12.2 Å². The molecule has 1 aromatic carbocycles. The lowest BCUT2D eigenvalue weighted by atomic mass is 10.1. The number of piperazine rings is 1. The van der Waals surface area contributed by atoms with Gasteiger partial charge in [-0.1, -0.05) is 19.1 Å². The van der Waals surface area contributed by atoms with Gasteiger partial charge in [-0.2, -0.15) is 11.8 Å². The Labute approximate surface area is 166 Å². The smallest absolute Gasteiger partial charge is 0.263 e. The number of thioether (sulfide) groups is 1. The monoisotopic (exact) mass is 393 g/mol. The average Bonchev–Trinajstić information content (AvgIpc) is 2.71. The number of amides is 2. The molecule has 6 nitrogen and oxygen atoms in total. The quantitative estimate of drug-likeness (QED) is 0.728. The van der Waals surface area contributed by atoms with Crippen molar-refractivity contribution < 1.29 is 14.3 Å². The third-order valence-corrected chi connectivity index (χ3v) is 5.49. The van der Waals surface area contributed by atoms with Crippen LogP contribution in [0.1, 0.15) is 25.8 Å². The summed E-state index contributed by atoms with van der Waals surface area (Å²) < 4.78 is 5.79. The molecule has 2 rings (SSSR count). The maximum atomic E-state index is 12.6. The predicted molar refractivity (Wildman–Crippen MR) is 110 cm³/mol. The maximum Gasteiger partial charge on any atom is 0.263 e. The first-order chi connectivity index (χ1) is 13.0. The SMILES string of the molecule is CCc1ccc(OC(C)C(=O)N2CCN(C(=O)[C@@H](N)CCSC)CC2)cc1. The molecule has 2 amide bonds. The second-order valence-electron chi connectivity index (χ2n) is 6.80. The number of nitrogens with two attached hydrogens (primary N) is 1. The molecule has 150 valence electrons. The third-order valence-electron chi connectivity index (χ3n) is 4.85. The van der Waals surface area contributed by atoms with Crippen molar-refractivity contribution in [1.82, 2.24) is 9.80 Å². The molecule has 27 heavy (non-hydrogen) atoms. The minimum Gasteiger partial charge on any atom is -0.481 e. The Morgan fingerprint density at radius 2 is 1.67 bits per heavy atom. The summed E-state index contributed by atoms with van der Waals surface area (Å²) in [7, 11) is 0. The van der Waals surface area contributed by atoms with Crippen molar-refractivity contribution in [3.63, 3.8) is 0 Å². The highest BCUT2D eigenvalue weighted by atomic mass is 32.2. The Morgan fingerprint density at radius 1 is 1.11 bits per heavy atom. The zero-order valence-electron chi connectivity index (χ0n) is 16.5. The van der Waals surface area contributed by atoms with Crippen molar-refractivity contribution in [1.29, 1.82) is 0 Å². The summed E-state index contributed by atoms with van der Waals surface area (Å²) in [4.78, 5) is 28.6. The van der Waals surface area contributed by atoms with Gasteiger partial charge in [0.15, 0.2) is 6.10 Å². The van der Waals surface area contributed by atoms with Crippen molar-refractivity contribution in [2.24, 2.45) is 5.73 Å². The molecule has 0 bridgehead atoms. The van der Waals surface area contributed by atoms with E-state index in [0.29, 0.717) is 38.3 Å². The molecule has 1 saturated heterocycles. The van der Waals surface area contributed by atoms with E-state index < -0.39 is 12.1 Å². The van der Waals surface area contributed by atoms with Gasteiger partial charge in [-0.25, -0.2) is 0 Å². The van der Waals surface area contributed by atoms with E-state index in [4.69, 9.17) is 10.5 Å². The van der Waals surface area contributed by atoms with E-state index in [-0.39, 0.29) is 11.8 Å². The molecule has 0 radical (unpaired) electrons. The molecule has 1 aromatic rings. The van der Waals surface area contributed by atoms with Crippen LogP contribution in [-0.4, -0.2) is 71.9 Å². The highest BCUT2D eigenvalue weighted by Gasteiger charge is 2.29. The van der Waals surface area contributed by atoms with Gasteiger partial charge in [0.2, 0.25) is 5.91 Å². The molecule has 1 fully saturated rings. The van der Waals surface area contributed by atoms with Crippen LogP contribution >= 0.6 is 11.8 Å². The molecule has 1 unspecified atom stereocenters. The zero-order valence-corrected chi connectivity index (χ0v) is 17.3. The molecule has 0 aromatic heterocycles. The van der Waals surface area contributed by atoms with E-state index >= 15 is 0 Å². The Hall–Kier alpha value is -1.73. The summed E-state index contributed by atoms with van der Waals surface area (Å²) in [6, 6.07) is 7.37. The summed E-state index contributed by atoms with van der Waals surface area (Å²) in [6.45, 7) is 5.95. The predicted octanol–water partition coefficient (Wildman–Crippen LogP) is 1.77. The average molecular weight is 394 g/mol. The lowest BCUT2D eigenvalue weighted by Gasteiger charge is -2.36. The molecular formula is C20H31N3O3S. The van der Waals surface area contributed by atoms with Crippen LogP contribution in [0.4, 0.5) is 0 Å². The standard InChI is InChI=1S/C20H31N3O3S/c1-4-16-5-7-17(8-6-16)26-15(2)19(24)22-10-12-23(13-11-22)20(25)18(21)9-14-27-3/h5-8,15,18H,4,9-14,21H2,1-3H3/t15?,18-/m0/s1. The van der Waals surface area contributed by atoms with E-state index in [1.165, 1.54) is 5.56 Å². The van der Waals surface area contributed by atoms with E-state index in [2.05, 4.69) is 6.92 Å². The van der Waals surface area contributed by atoms with Crippen LogP contribution < -0.4 is 10.5 Å². The van der Waals surface area contributed by atoms with Crippen LogP contribution in [0.15, 0.2) is 24.3 Å². The minimum absolute atomic E-state index is 0.0172. The van der Waals surface area contributed by atoms with Crippen molar-refractivity contribution in [3.05, 3.63) is 29.8 Å². The van der Waals surface area contributed by atoms with Gasteiger partial charge in [0.25, 0.3) is 5.91 Å². The molecule has 2 N–H and O–H groups in total. The lowest BCUT2D eigenvalue weighted by Crippen LogP contribution is -2.56. The first-order valence-electron chi connectivity index (χ1n) is 9.54. The molecular weight excluding hydrogens is 362 g/mol. The number of aryl methyl sites for hydroxylation is 1. The fraction of sp³-hybridized carbons (Fsp3) is 0.600. The molecule has 1 aliphatic heterocycles. The lowest BCUT2D eigenvalue weighted by molar-refractivity contribution is -0.144. The van der Waals surface area contributed by atoms with Crippen LogP contribution in [0.2, 0.25) is 0 Å². The number of hydrogen-bond donors (Lipinski definition) is 1. The minimum atomic E-state index is -0.552. The van der Waals surface area contributed by atoms with Crippen LogP contribution in [0.25, 0.3) is 0 Å². The number of nitrogens with zero attached hydrogens (tertiary/aromatic N) is 2. The van der Waals surface area contributed by atoms with Crippen molar-refractivity contribution in [2.75, 3.05) is 38.2 Å². The first kappa shape index (κ1) is 21.6. The van der Waals surface area contributed by atoms with Crippen molar-refractivity contribution in [3.8, 4) is 5.75 Å². The van der Waals surface area contributed by atoms with Gasteiger partial charge < -0.3 is 20.3 Å². The van der Waals surface area contributed by atoms with E-state index in [1.807, 2.05) is 30.5 Å². The molecule has 1 aliphatic rings. The molecule has 0 spiro atoms. The maximum absolute atomic E-state index is 12.6. The van der Waals surface area contributed by atoms with Gasteiger partial charge in [-0.15, -0.1) is 0 Å². The number of carbonyl (C=O) groups is 2. The summed E-state index contributed by atoms with van der Waals surface area (Å²) in [5.74, 6) is 1.51.